The zero-order valence-electron chi connectivity index (χ0n) is 16.7. The molecular formula is C22H21FN2O5-2. The van der Waals surface area contributed by atoms with Crippen molar-refractivity contribution in [3.63, 3.8) is 0 Å². The van der Waals surface area contributed by atoms with Gasteiger partial charge < -0.3 is 29.4 Å². The van der Waals surface area contributed by atoms with Crippen molar-refractivity contribution in [1.29, 1.82) is 5.26 Å². The minimum absolute atomic E-state index is 0.250. The van der Waals surface area contributed by atoms with Gasteiger partial charge in [-0.2, -0.15) is 5.26 Å². The van der Waals surface area contributed by atoms with Crippen LogP contribution in [0.2, 0.25) is 0 Å². The van der Waals surface area contributed by atoms with E-state index in [0.29, 0.717) is 12.2 Å². The molecule has 7 nitrogen and oxygen atoms in total. The van der Waals surface area contributed by atoms with Gasteiger partial charge in [-0.3, -0.25) is 0 Å². The van der Waals surface area contributed by atoms with Gasteiger partial charge in [0.15, 0.2) is 0 Å². The quantitative estimate of drug-likeness (QED) is 0.649. The molecule has 0 saturated carbocycles. The average Bonchev–Trinajstić information content (AvgIpc) is 3.07. The monoisotopic (exact) mass is 412 g/mol. The lowest BCUT2D eigenvalue weighted by Crippen LogP contribution is -2.42. The lowest BCUT2D eigenvalue weighted by Gasteiger charge is -2.31. The molecule has 158 valence electrons. The smallest absolute Gasteiger partial charge is 0.123 e. The van der Waals surface area contributed by atoms with Crippen molar-refractivity contribution in [1.82, 2.24) is 4.90 Å². The molecular weight excluding hydrogens is 391 g/mol. The minimum Gasteiger partial charge on any atom is -0.543 e. The fourth-order valence-electron chi connectivity index (χ4n) is 3.41. The van der Waals surface area contributed by atoms with Crippen molar-refractivity contribution in [2.24, 2.45) is 0 Å². The van der Waals surface area contributed by atoms with Gasteiger partial charge >= 0.3 is 0 Å². The zero-order valence-corrected chi connectivity index (χ0v) is 16.7. The number of carbonyl (C=O) groups excluding carboxylic acids is 2. The third kappa shape index (κ3) is 5.41. The summed E-state index contributed by atoms with van der Waals surface area (Å²) in [5.41, 5.74) is 3.18. The van der Waals surface area contributed by atoms with Gasteiger partial charge in [-0.25, -0.2) is 4.39 Å². The Kier molecular flexibility index (Phi) is 7.64. The minimum atomic E-state index is -2.19. The number of hydrogen-bond acceptors (Lipinski definition) is 7. The molecule has 1 atom stereocenters. The van der Waals surface area contributed by atoms with E-state index in [-0.39, 0.29) is 5.82 Å². The summed E-state index contributed by atoms with van der Waals surface area (Å²) in [6, 6.07) is 14.5. The van der Waals surface area contributed by atoms with Crippen LogP contribution in [0.5, 0.6) is 0 Å². The molecule has 2 aromatic carbocycles. The third-order valence-corrected chi connectivity index (χ3v) is 4.75. The number of carboxylic acid groups (broad SMARTS) is 2. The fraction of sp³-hybridized carbons (Fsp3) is 0.318. The van der Waals surface area contributed by atoms with Crippen LogP contribution in [0.25, 0.3) is 0 Å². The summed E-state index contributed by atoms with van der Waals surface area (Å²) in [6.07, 6.45) is 1.78. The van der Waals surface area contributed by atoms with Crippen molar-refractivity contribution in [2.45, 2.75) is 25.0 Å². The molecule has 0 fully saturated rings. The molecule has 0 amide bonds. The Morgan fingerprint density at radius 2 is 1.80 bits per heavy atom. The molecule has 1 unspecified atom stereocenters. The van der Waals surface area contributed by atoms with E-state index in [4.69, 9.17) is 29.8 Å². The summed E-state index contributed by atoms with van der Waals surface area (Å²) in [5.74, 6) is -4.62. The third-order valence-electron chi connectivity index (χ3n) is 4.75. The molecule has 0 aliphatic carbocycles. The maximum Gasteiger partial charge on any atom is 0.123 e. The molecule has 3 rings (SSSR count). The highest BCUT2D eigenvalue weighted by Gasteiger charge is 2.41. The van der Waals surface area contributed by atoms with Crippen molar-refractivity contribution in [2.75, 3.05) is 20.6 Å². The predicted molar refractivity (Wildman–Crippen MR) is 101 cm³/mol. The number of benzene rings is 2. The molecule has 0 saturated heterocycles. The first-order valence-electron chi connectivity index (χ1n) is 9.20. The van der Waals surface area contributed by atoms with Crippen LogP contribution >= 0.6 is 0 Å². The van der Waals surface area contributed by atoms with Gasteiger partial charge in [0.1, 0.15) is 11.4 Å². The molecule has 0 N–H and O–H groups in total. The highest BCUT2D eigenvalue weighted by Crippen LogP contribution is 2.45. The first-order chi connectivity index (χ1) is 14.2. The van der Waals surface area contributed by atoms with Crippen molar-refractivity contribution >= 4 is 11.9 Å². The summed E-state index contributed by atoms with van der Waals surface area (Å²) in [5, 5.41) is 27.0. The number of nitriles is 1. The average molecular weight is 412 g/mol. The normalized spacial score (nSPS) is 16.9. The Labute approximate surface area is 173 Å². The van der Waals surface area contributed by atoms with Crippen LogP contribution in [-0.2, 0) is 26.5 Å². The summed E-state index contributed by atoms with van der Waals surface area (Å²) in [7, 11) is 4.10. The van der Waals surface area contributed by atoms with Gasteiger partial charge in [-0.1, -0.05) is 18.2 Å². The maximum absolute atomic E-state index is 13.4. The van der Waals surface area contributed by atoms with Crippen LogP contribution < -0.4 is 10.2 Å². The molecule has 30 heavy (non-hydrogen) atoms. The van der Waals surface area contributed by atoms with Crippen LogP contribution in [0.4, 0.5) is 4.39 Å². The number of fused-ring (bicyclic) bond motifs is 1. The van der Waals surface area contributed by atoms with E-state index in [2.05, 4.69) is 11.0 Å². The molecule has 1 aliphatic rings. The standard InChI is InChI=1S/C20H21FN2O.C2H2O4/c1-23(2)11-3-10-20(17-5-7-18(21)8-6-17)19-9-4-15(13-22)12-16(19)14-24-20;3-1(4)2(5)6/h4-9,12H,3,10-11,14H2,1-2H3;(H,3,4)(H,5,6)/p-2. The van der Waals surface area contributed by atoms with Crippen molar-refractivity contribution in [3.05, 3.63) is 70.5 Å². The summed E-state index contributed by atoms with van der Waals surface area (Å²) < 4.78 is 19.6. The molecule has 2 aromatic rings. The van der Waals surface area contributed by atoms with Crippen LogP contribution in [0, 0.1) is 17.1 Å². The number of ether oxygens (including phenoxy) is 1. The van der Waals surface area contributed by atoms with E-state index in [9.17, 15) is 4.39 Å². The highest BCUT2D eigenvalue weighted by atomic mass is 19.1. The molecule has 0 bridgehead atoms. The molecule has 0 spiro atoms. The van der Waals surface area contributed by atoms with E-state index in [1.165, 1.54) is 12.1 Å². The highest BCUT2D eigenvalue weighted by molar-refractivity contribution is 6.25. The number of halogens is 1. The lowest BCUT2D eigenvalue weighted by molar-refractivity contribution is -0.345. The van der Waals surface area contributed by atoms with Crippen LogP contribution in [0.3, 0.4) is 0 Å². The Morgan fingerprint density at radius 3 is 2.33 bits per heavy atom. The second-order valence-electron chi connectivity index (χ2n) is 7.09. The molecule has 1 aliphatic heterocycles. The number of hydrogen-bond donors (Lipinski definition) is 0. The Morgan fingerprint density at radius 1 is 1.17 bits per heavy atom. The first kappa shape index (κ1) is 23.0. The summed E-state index contributed by atoms with van der Waals surface area (Å²) in [4.78, 5) is 20.0. The number of aliphatic carboxylic acids is 2. The summed E-state index contributed by atoms with van der Waals surface area (Å²) in [6.45, 7) is 1.43. The Hall–Kier alpha value is -3.28. The topological polar surface area (TPSA) is 117 Å². The van der Waals surface area contributed by atoms with E-state index in [1.54, 1.807) is 12.1 Å². The van der Waals surface area contributed by atoms with Crippen LogP contribution in [0.1, 0.15) is 35.1 Å². The van der Waals surface area contributed by atoms with Gasteiger partial charge in [0.2, 0.25) is 0 Å². The first-order valence-corrected chi connectivity index (χ1v) is 9.20. The Bertz CT molecular complexity index is 941. The second kappa shape index (κ2) is 9.96. The van der Waals surface area contributed by atoms with Gasteiger partial charge in [-0.05, 0) is 74.4 Å². The fourth-order valence-corrected chi connectivity index (χ4v) is 3.41. The summed E-state index contributed by atoms with van der Waals surface area (Å²) >= 11 is 0. The molecule has 8 heteroatoms. The van der Waals surface area contributed by atoms with E-state index < -0.39 is 17.5 Å². The number of carbonyl (C=O) groups is 2. The Balaban J connectivity index is 0.000000469. The van der Waals surface area contributed by atoms with Gasteiger partial charge in [-0.15, -0.1) is 0 Å². The molecule has 0 aromatic heterocycles. The van der Waals surface area contributed by atoms with Gasteiger partial charge in [0.25, 0.3) is 0 Å². The van der Waals surface area contributed by atoms with Crippen LogP contribution in [-0.4, -0.2) is 37.5 Å². The van der Waals surface area contributed by atoms with E-state index >= 15 is 0 Å². The van der Waals surface area contributed by atoms with Gasteiger partial charge in [0, 0.05) is 0 Å². The second-order valence-corrected chi connectivity index (χ2v) is 7.09. The van der Waals surface area contributed by atoms with E-state index in [0.717, 1.165) is 36.1 Å². The van der Waals surface area contributed by atoms with E-state index in [1.807, 2.05) is 32.3 Å². The van der Waals surface area contributed by atoms with Crippen molar-refractivity contribution < 1.29 is 28.9 Å². The largest absolute Gasteiger partial charge is 0.543 e. The SMILES string of the molecule is CN(C)CCCC1(c2ccc(F)cc2)OCc2cc(C#N)ccc21.O=C([O-])C(=O)[O-]. The van der Waals surface area contributed by atoms with Gasteiger partial charge in [0.05, 0.1) is 30.2 Å². The number of nitrogens with zero attached hydrogens (tertiary/aromatic N) is 2. The predicted octanol–water partition coefficient (Wildman–Crippen LogP) is 0.299. The number of carboxylic acids is 2. The lowest BCUT2D eigenvalue weighted by atomic mass is 9.81. The van der Waals surface area contributed by atoms with Crippen LogP contribution in [0.15, 0.2) is 42.5 Å². The molecule has 1 heterocycles. The van der Waals surface area contributed by atoms with Crippen molar-refractivity contribution in [3.8, 4) is 6.07 Å². The number of rotatable bonds is 5. The zero-order chi connectivity index (χ0) is 22.3. The maximum atomic E-state index is 13.4. The molecule has 0 radical (unpaired) electrons.